The highest BCUT2D eigenvalue weighted by atomic mass is 16.5. The van der Waals surface area contributed by atoms with Gasteiger partial charge in [-0.25, -0.2) is 4.98 Å². The Kier molecular flexibility index (Phi) is 1.44. The summed E-state index contributed by atoms with van der Waals surface area (Å²) in [6.45, 7) is 0. The van der Waals surface area contributed by atoms with Gasteiger partial charge in [0, 0.05) is 12.4 Å². The third kappa shape index (κ3) is 1.09. The maximum Gasteiger partial charge on any atom is 0.319 e. The van der Waals surface area contributed by atoms with Gasteiger partial charge in [-0.15, -0.1) is 0 Å². The molecule has 0 saturated heterocycles. The minimum Gasteiger partial charge on any atom is -0.351 e. The van der Waals surface area contributed by atoms with E-state index in [4.69, 9.17) is 5.73 Å². The van der Waals surface area contributed by atoms with Crippen LogP contribution in [0, 0.1) is 0 Å². The summed E-state index contributed by atoms with van der Waals surface area (Å²) >= 11 is 0. The van der Waals surface area contributed by atoms with Gasteiger partial charge in [0.25, 0.3) is 0 Å². The second-order valence-electron chi connectivity index (χ2n) is 2.05. The first-order chi connectivity index (χ1) is 5.86. The molecule has 60 valence electrons. The molecule has 0 aliphatic rings. The van der Waals surface area contributed by atoms with Crippen LogP contribution in [-0.2, 0) is 0 Å². The number of hydrogen-bond donors (Lipinski definition) is 1. The number of nitrogen functional groups attached to an aromatic ring is 1. The number of hydrogen-bond acceptors (Lipinski definition) is 6. The molecule has 0 fully saturated rings. The molecule has 0 amide bonds. The highest BCUT2D eigenvalue weighted by Gasteiger charge is 2.05. The zero-order valence-electron chi connectivity index (χ0n) is 6.01. The normalized spacial score (nSPS) is 10.0. The molecular weight excluding hydrogens is 158 g/mol. The third-order valence-electron chi connectivity index (χ3n) is 1.23. The van der Waals surface area contributed by atoms with Crippen LogP contribution in [-0.4, -0.2) is 20.1 Å². The van der Waals surface area contributed by atoms with Gasteiger partial charge in [-0.2, -0.15) is 4.98 Å². The fraction of sp³-hybridized carbons (Fsp3) is 0. The molecule has 0 aliphatic carbocycles. The van der Waals surface area contributed by atoms with Crippen molar-refractivity contribution in [3.63, 3.8) is 0 Å². The smallest absolute Gasteiger partial charge is 0.319 e. The van der Waals surface area contributed by atoms with Crippen molar-refractivity contribution >= 4 is 6.01 Å². The average Bonchev–Trinajstić information content (AvgIpc) is 2.54. The molecule has 2 heterocycles. The summed E-state index contributed by atoms with van der Waals surface area (Å²) < 4.78 is 4.57. The van der Waals surface area contributed by atoms with Crippen molar-refractivity contribution in [2.75, 3.05) is 5.73 Å². The Morgan fingerprint density at radius 1 is 1.33 bits per heavy atom. The van der Waals surface area contributed by atoms with Crippen LogP contribution >= 0.6 is 0 Å². The quantitative estimate of drug-likeness (QED) is 0.641. The first kappa shape index (κ1) is 6.71. The van der Waals surface area contributed by atoms with E-state index in [1.165, 1.54) is 6.20 Å². The first-order valence-corrected chi connectivity index (χ1v) is 3.22. The molecule has 0 spiro atoms. The first-order valence-electron chi connectivity index (χ1n) is 3.22. The van der Waals surface area contributed by atoms with E-state index in [2.05, 4.69) is 24.6 Å². The summed E-state index contributed by atoms with van der Waals surface area (Å²) in [7, 11) is 0. The van der Waals surface area contributed by atoms with Crippen LogP contribution in [0.2, 0.25) is 0 Å². The lowest BCUT2D eigenvalue weighted by molar-refractivity contribution is 0.436. The van der Waals surface area contributed by atoms with Gasteiger partial charge >= 0.3 is 6.01 Å². The van der Waals surface area contributed by atoms with Gasteiger partial charge in [0.15, 0.2) is 0 Å². The van der Waals surface area contributed by atoms with Gasteiger partial charge < -0.3 is 10.3 Å². The van der Waals surface area contributed by atoms with Crippen molar-refractivity contribution in [3.8, 4) is 11.5 Å². The number of aromatic nitrogens is 4. The number of nitrogens with two attached hydrogens (primary N) is 1. The number of rotatable bonds is 1. The highest BCUT2D eigenvalue weighted by Crippen LogP contribution is 2.10. The van der Waals surface area contributed by atoms with E-state index in [-0.39, 0.29) is 6.01 Å². The summed E-state index contributed by atoms with van der Waals surface area (Å²) in [6, 6.07) is 0.0238. The van der Waals surface area contributed by atoms with Crippen LogP contribution in [0.3, 0.4) is 0 Å². The molecule has 12 heavy (non-hydrogen) atoms. The Labute approximate surface area is 67.5 Å². The Morgan fingerprint density at radius 3 is 2.83 bits per heavy atom. The van der Waals surface area contributed by atoms with Crippen LogP contribution in [0.15, 0.2) is 23.1 Å². The SMILES string of the molecule is Nc1nc(-c2cnccn2)no1. The highest BCUT2D eigenvalue weighted by molar-refractivity contribution is 5.46. The monoisotopic (exact) mass is 163 g/mol. The molecule has 2 aromatic rings. The lowest BCUT2D eigenvalue weighted by atomic mass is 10.4. The standard InChI is InChI=1S/C6H5N5O/c7-6-10-5(11-12-6)4-3-8-1-2-9-4/h1-3H,(H2,7,10,11). The predicted octanol–water partition coefficient (Wildman–Crippen LogP) is 0.109. The van der Waals surface area contributed by atoms with Crippen LogP contribution < -0.4 is 5.73 Å². The Morgan fingerprint density at radius 2 is 2.25 bits per heavy atom. The number of nitrogens with zero attached hydrogens (tertiary/aromatic N) is 4. The maximum atomic E-state index is 5.23. The molecule has 0 unspecified atom stereocenters. The Bertz CT molecular complexity index is 370. The zero-order chi connectivity index (χ0) is 8.39. The average molecular weight is 163 g/mol. The van der Waals surface area contributed by atoms with Crippen LogP contribution in [0.1, 0.15) is 0 Å². The molecule has 6 nitrogen and oxygen atoms in total. The van der Waals surface area contributed by atoms with Crippen molar-refractivity contribution in [2.45, 2.75) is 0 Å². The largest absolute Gasteiger partial charge is 0.351 e. The molecule has 2 rings (SSSR count). The summed E-state index contributed by atoms with van der Waals surface area (Å²) in [4.78, 5) is 11.6. The zero-order valence-corrected chi connectivity index (χ0v) is 6.01. The maximum absolute atomic E-state index is 5.23. The fourth-order valence-corrected chi connectivity index (χ4v) is 0.754. The van der Waals surface area contributed by atoms with E-state index in [1.807, 2.05) is 0 Å². The fourth-order valence-electron chi connectivity index (χ4n) is 0.754. The molecule has 2 aromatic heterocycles. The van der Waals surface area contributed by atoms with E-state index in [9.17, 15) is 0 Å². The molecule has 2 N–H and O–H groups in total. The molecular formula is C6H5N5O. The second kappa shape index (κ2) is 2.57. The third-order valence-corrected chi connectivity index (χ3v) is 1.23. The van der Waals surface area contributed by atoms with Crippen molar-refractivity contribution in [1.29, 1.82) is 0 Å². The minimum absolute atomic E-state index is 0.0238. The van der Waals surface area contributed by atoms with Crippen molar-refractivity contribution in [1.82, 2.24) is 20.1 Å². The Hall–Kier alpha value is -1.98. The molecule has 0 aromatic carbocycles. The van der Waals surface area contributed by atoms with Gasteiger partial charge in [0.1, 0.15) is 5.69 Å². The van der Waals surface area contributed by atoms with Crippen molar-refractivity contribution in [2.24, 2.45) is 0 Å². The van der Waals surface area contributed by atoms with Crippen molar-refractivity contribution in [3.05, 3.63) is 18.6 Å². The lowest BCUT2D eigenvalue weighted by Gasteiger charge is -1.87. The molecule has 0 atom stereocenters. The van der Waals surface area contributed by atoms with Crippen LogP contribution in [0.25, 0.3) is 11.5 Å². The van der Waals surface area contributed by atoms with E-state index in [0.29, 0.717) is 11.5 Å². The predicted molar refractivity (Wildman–Crippen MR) is 39.7 cm³/mol. The molecule has 0 saturated carbocycles. The van der Waals surface area contributed by atoms with E-state index in [0.717, 1.165) is 0 Å². The molecule has 0 radical (unpaired) electrons. The number of anilines is 1. The van der Waals surface area contributed by atoms with Crippen molar-refractivity contribution < 1.29 is 4.52 Å². The Balaban J connectivity index is 2.45. The lowest BCUT2D eigenvalue weighted by Crippen LogP contribution is -1.87. The minimum atomic E-state index is 0.0238. The summed E-state index contributed by atoms with van der Waals surface area (Å²) in [5.74, 6) is 0.348. The molecule has 6 heteroatoms. The van der Waals surface area contributed by atoms with Gasteiger partial charge in [-0.1, -0.05) is 5.16 Å². The van der Waals surface area contributed by atoms with Crippen LogP contribution in [0.5, 0.6) is 0 Å². The van der Waals surface area contributed by atoms with Crippen LogP contribution in [0.4, 0.5) is 6.01 Å². The van der Waals surface area contributed by atoms with Gasteiger partial charge in [0.05, 0.1) is 6.20 Å². The molecule has 0 bridgehead atoms. The van der Waals surface area contributed by atoms with E-state index < -0.39 is 0 Å². The van der Waals surface area contributed by atoms with Gasteiger partial charge in [-0.3, -0.25) is 4.98 Å². The summed E-state index contributed by atoms with van der Waals surface area (Å²) in [5.41, 5.74) is 5.77. The van der Waals surface area contributed by atoms with Gasteiger partial charge in [0.2, 0.25) is 5.82 Å². The van der Waals surface area contributed by atoms with Gasteiger partial charge in [-0.05, 0) is 0 Å². The summed E-state index contributed by atoms with van der Waals surface area (Å²) in [6.07, 6.45) is 4.64. The summed E-state index contributed by atoms with van der Waals surface area (Å²) in [5, 5.41) is 3.57. The van der Waals surface area contributed by atoms with E-state index >= 15 is 0 Å². The van der Waals surface area contributed by atoms with E-state index in [1.54, 1.807) is 12.4 Å². The molecule has 0 aliphatic heterocycles. The second-order valence-corrected chi connectivity index (χ2v) is 2.05. The topological polar surface area (TPSA) is 90.7 Å².